The lowest BCUT2D eigenvalue weighted by Crippen LogP contribution is -2.51. The van der Waals surface area contributed by atoms with Crippen LogP contribution in [0.2, 0.25) is 0 Å². The van der Waals surface area contributed by atoms with Crippen LogP contribution in [0.5, 0.6) is 5.75 Å². The number of methoxy groups -OCH3 is 1. The van der Waals surface area contributed by atoms with Crippen LogP contribution in [0.3, 0.4) is 0 Å². The molecule has 0 aliphatic carbocycles. The summed E-state index contributed by atoms with van der Waals surface area (Å²) in [7, 11) is 1.62. The van der Waals surface area contributed by atoms with Gasteiger partial charge in [-0.15, -0.1) is 10.2 Å². The number of ether oxygens (including phenoxy) is 1. The van der Waals surface area contributed by atoms with Crippen molar-refractivity contribution in [1.29, 1.82) is 0 Å². The number of hydrogen-bond acceptors (Lipinski definition) is 8. The van der Waals surface area contributed by atoms with E-state index in [-0.39, 0.29) is 17.1 Å². The number of aromatic nitrogens is 2. The van der Waals surface area contributed by atoms with E-state index in [0.29, 0.717) is 31.3 Å². The molecule has 1 fully saturated rings. The Balaban J connectivity index is 1.56. The Morgan fingerprint density at radius 1 is 1.18 bits per heavy atom. The minimum atomic E-state index is -0.268. The second-order valence-corrected chi connectivity index (χ2v) is 8.86. The fourth-order valence-corrected chi connectivity index (χ4v) is 4.86. The largest absolute Gasteiger partial charge is 0.495 e. The molecule has 3 rings (SSSR count). The molecular formula is C18H23N5O3S2. The summed E-state index contributed by atoms with van der Waals surface area (Å²) < 4.78 is 6.05. The minimum absolute atomic E-state index is 0.0541. The van der Waals surface area contributed by atoms with Crippen molar-refractivity contribution in [3.8, 4) is 5.75 Å². The monoisotopic (exact) mass is 421 g/mol. The molecule has 1 aromatic heterocycles. The zero-order valence-corrected chi connectivity index (χ0v) is 17.7. The molecule has 10 heteroatoms. The van der Waals surface area contributed by atoms with Gasteiger partial charge < -0.3 is 19.9 Å². The lowest BCUT2D eigenvalue weighted by Gasteiger charge is -2.35. The van der Waals surface area contributed by atoms with Gasteiger partial charge in [0.15, 0.2) is 4.34 Å². The van der Waals surface area contributed by atoms with Crippen molar-refractivity contribution < 1.29 is 14.3 Å². The van der Waals surface area contributed by atoms with Gasteiger partial charge in [-0.05, 0) is 19.1 Å². The molecular weight excluding hydrogens is 398 g/mol. The summed E-state index contributed by atoms with van der Waals surface area (Å²) in [6.07, 6.45) is 0. The first-order valence-electron chi connectivity index (χ1n) is 8.92. The molecule has 0 radical (unpaired) electrons. The second kappa shape index (κ2) is 9.24. The number of rotatable bonds is 6. The molecule has 2 amide bonds. The predicted molar refractivity (Wildman–Crippen MR) is 110 cm³/mol. The highest BCUT2D eigenvalue weighted by Crippen LogP contribution is 2.33. The molecule has 1 aliphatic heterocycles. The van der Waals surface area contributed by atoms with Gasteiger partial charge in [0, 0.05) is 33.1 Å². The predicted octanol–water partition coefficient (Wildman–Crippen LogP) is 2.46. The van der Waals surface area contributed by atoms with Crippen molar-refractivity contribution in [3.63, 3.8) is 0 Å². The SMILES string of the molecule is COc1ccccc1Nc1nnc(SC(C)C(=O)N2CCN(C(C)=O)CC2)s1. The summed E-state index contributed by atoms with van der Waals surface area (Å²) in [5.41, 5.74) is 0.810. The maximum atomic E-state index is 12.7. The van der Waals surface area contributed by atoms with E-state index in [9.17, 15) is 9.59 Å². The number of piperazine rings is 1. The lowest BCUT2D eigenvalue weighted by atomic mass is 10.3. The molecule has 0 spiro atoms. The third-order valence-electron chi connectivity index (χ3n) is 4.42. The number of nitrogens with one attached hydrogen (secondary N) is 1. The van der Waals surface area contributed by atoms with Crippen molar-refractivity contribution in [2.75, 3.05) is 38.6 Å². The molecule has 2 heterocycles. The number of anilines is 2. The van der Waals surface area contributed by atoms with E-state index < -0.39 is 0 Å². The maximum Gasteiger partial charge on any atom is 0.235 e. The van der Waals surface area contributed by atoms with Crippen LogP contribution in [-0.4, -0.2) is 70.4 Å². The van der Waals surface area contributed by atoms with E-state index in [2.05, 4.69) is 15.5 Å². The second-order valence-electron chi connectivity index (χ2n) is 6.29. The quantitative estimate of drug-likeness (QED) is 0.717. The van der Waals surface area contributed by atoms with Crippen molar-refractivity contribution in [3.05, 3.63) is 24.3 Å². The Bertz CT molecular complexity index is 836. The van der Waals surface area contributed by atoms with Crippen LogP contribution >= 0.6 is 23.1 Å². The summed E-state index contributed by atoms with van der Waals surface area (Å²) >= 11 is 2.79. The van der Waals surface area contributed by atoms with Crippen molar-refractivity contribution >= 4 is 45.7 Å². The average molecular weight is 422 g/mol. The molecule has 1 atom stereocenters. The Morgan fingerprint density at radius 2 is 1.86 bits per heavy atom. The van der Waals surface area contributed by atoms with Gasteiger partial charge in [-0.3, -0.25) is 9.59 Å². The molecule has 1 N–H and O–H groups in total. The zero-order chi connectivity index (χ0) is 20.1. The van der Waals surface area contributed by atoms with E-state index in [0.717, 1.165) is 15.8 Å². The number of amides is 2. The fourth-order valence-electron chi connectivity index (χ4n) is 2.87. The molecule has 8 nitrogen and oxygen atoms in total. The van der Waals surface area contributed by atoms with Gasteiger partial charge in [0.25, 0.3) is 0 Å². The molecule has 1 aliphatic rings. The number of nitrogens with zero attached hydrogens (tertiary/aromatic N) is 4. The Labute approximate surface area is 172 Å². The first-order chi connectivity index (χ1) is 13.5. The maximum absolute atomic E-state index is 12.7. The molecule has 1 aromatic carbocycles. The van der Waals surface area contributed by atoms with Gasteiger partial charge in [-0.25, -0.2) is 0 Å². The van der Waals surface area contributed by atoms with Crippen LogP contribution in [0.15, 0.2) is 28.6 Å². The van der Waals surface area contributed by atoms with Crippen LogP contribution < -0.4 is 10.1 Å². The third kappa shape index (κ3) is 4.93. The molecule has 0 bridgehead atoms. The van der Waals surface area contributed by atoms with Gasteiger partial charge in [-0.2, -0.15) is 0 Å². The normalized spacial score (nSPS) is 15.2. The summed E-state index contributed by atoms with van der Waals surface area (Å²) in [6, 6.07) is 7.58. The summed E-state index contributed by atoms with van der Waals surface area (Å²) in [5.74, 6) is 0.834. The smallest absolute Gasteiger partial charge is 0.235 e. The molecule has 1 saturated heterocycles. The molecule has 2 aromatic rings. The van der Waals surface area contributed by atoms with Crippen LogP contribution in [0.1, 0.15) is 13.8 Å². The molecule has 150 valence electrons. The number of thioether (sulfide) groups is 1. The van der Waals surface area contributed by atoms with Crippen molar-refractivity contribution in [2.45, 2.75) is 23.4 Å². The molecule has 0 saturated carbocycles. The Hall–Kier alpha value is -2.33. The van der Waals surface area contributed by atoms with Crippen LogP contribution in [0.25, 0.3) is 0 Å². The van der Waals surface area contributed by atoms with Crippen molar-refractivity contribution in [1.82, 2.24) is 20.0 Å². The lowest BCUT2D eigenvalue weighted by molar-refractivity contribution is -0.137. The molecule has 28 heavy (non-hydrogen) atoms. The number of benzene rings is 1. The summed E-state index contributed by atoms with van der Waals surface area (Å²) in [4.78, 5) is 27.7. The van der Waals surface area contributed by atoms with E-state index in [4.69, 9.17) is 4.74 Å². The van der Waals surface area contributed by atoms with Gasteiger partial charge in [0.1, 0.15) is 5.75 Å². The van der Waals surface area contributed by atoms with E-state index in [1.807, 2.05) is 36.1 Å². The standard InChI is InChI=1S/C18H23N5O3S2/c1-12(16(25)23-10-8-22(9-11-23)13(2)24)27-18-21-20-17(28-18)19-14-6-4-5-7-15(14)26-3/h4-7,12H,8-11H2,1-3H3,(H,19,20). The zero-order valence-electron chi connectivity index (χ0n) is 16.0. The van der Waals surface area contributed by atoms with E-state index in [1.54, 1.807) is 18.9 Å². The number of carbonyl (C=O) groups excluding carboxylic acids is 2. The third-order valence-corrected chi connectivity index (χ3v) is 6.43. The van der Waals surface area contributed by atoms with E-state index in [1.165, 1.54) is 23.1 Å². The average Bonchev–Trinajstić information content (AvgIpc) is 3.14. The molecule has 1 unspecified atom stereocenters. The van der Waals surface area contributed by atoms with Crippen LogP contribution in [-0.2, 0) is 9.59 Å². The highest BCUT2D eigenvalue weighted by Gasteiger charge is 2.27. The van der Waals surface area contributed by atoms with Gasteiger partial charge in [-0.1, -0.05) is 35.2 Å². The van der Waals surface area contributed by atoms with Crippen molar-refractivity contribution in [2.24, 2.45) is 0 Å². The highest BCUT2D eigenvalue weighted by atomic mass is 32.2. The topological polar surface area (TPSA) is 87.7 Å². The first kappa shape index (κ1) is 20.4. The highest BCUT2D eigenvalue weighted by molar-refractivity contribution is 8.02. The van der Waals surface area contributed by atoms with Gasteiger partial charge in [0.05, 0.1) is 18.0 Å². The Kier molecular flexibility index (Phi) is 6.74. The first-order valence-corrected chi connectivity index (χ1v) is 10.6. The number of hydrogen-bond donors (Lipinski definition) is 1. The Morgan fingerprint density at radius 3 is 2.54 bits per heavy atom. The number of para-hydroxylation sites is 2. The minimum Gasteiger partial charge on any atom is -0.495 e. The van der Waals surface area contributed by atoms with E-state index >= 15 is 0 Å². The summed E-state index contributed by atoms with van der Waals surface area (Å²) in [5, 5.41) is 11.9. The summed E-state index contributed by atoms with van der Waals surface area (Å²) in [6.45, 7) is 5.75. The fraction of sp³-hybridized carbons (Fsp3) is 0.444. The van der Waals surface area contributed by atoms with Gasteiger partial charge in [0.2, 0.25) is 16.9 Å². The van der Waals surface area contributed by atoms with Crippen LogP contribution in [0.4, 0.5) is 10.8 Å². The number of carbonyl (C=O) groups is 2. The van der Waals surface area contributed by atoms with Gasteiger partial charge >= 0.3 is 0 Å². The van der Waals surface area contributed by atoms with Crippen LogP contribution in [0, 0.1) is 0 Å².